The monoisotopic (exact) mass is 336 g/mol. The Morgan fingerprint density at radius 2 is 1.64 bits per heavy atom. The third-order valence-corrected chi connectivity index (χ3v) is 5.37. The molecular weight excluding hydrogens is 308 g/mol. The molecule has 4 rings (SSSR count). The molecule has 1 aliphatic carbocycles. The van der Waals surface area contributed by atoms with Gasteiger partial charge in [-0.25, -0.2) is 0 Å². The van der Waals surface area contributed by atoms with Crippen LogP contribution in [0.15, 0.2) is 42.5 Å². The number of hydrogen-bond acceptors (Lipinski definition) is 3. The first kappa shape index (κ1) is 16.6. The molecule has 0 saturated carbocycles. The molecule has 25 heavy (non-hydrogen) atoms. The molecule has 2 aromatic carbocycles. The van der Waals surface area contributed by atoms with Gasteiger partial charge in [-0.2, -0.15) is 0 Å². The van der Waals surface area contributed by atoms with E-state index in [4.69, 9.17) is 4.74 Å². The molecule has 0 atom stereocenters. The van der Waals surface area contributed by atoms with E-state index in [1.807, 2.05) is 0 Å². The molecule has 1 aliphatic heterocycles. The fourth-order valence-electron chi connectivity index (χ4n) is 3.86. The van der Waals surface area contributed by atoms with Crippen LogP contribution in [0.25, 0.3) is 0 Å². The lowest BCUT2D eigenvalue weighted by atomic mass is 10.1. The Morgan fingerprint density at radius 3 is 2.48 bits per heavy atom. The van der Waals surface area contributed by atoms with E-state index in [-0.39, 0.29) is 0 Å². The highest BCUT2D eigenvalue weighted by molar-refractivity contribution is 5.38. The van der Waals surface area contributed by atoms with Crippen molar-refractivity contribution < 1.29 is 4.74 Å². The van der Waals surface area contributed by atoms with Gasteiger partial charge in [0.2, 0.25) is 0 Å². The molecule has 2 aromatic rings. The summed E-state index contributed by atoms with van der Waals surface area (Å²) < 4.78 is 5.97. The predicted octanol–water partition coefficient (Wildman–Crippen LogP) is 3.20. The maximum atomic E-state index is 5.97. The van der Waals surface area contributed by atoms with Crippen LogP contribution in [-0.4, -0.2) is 37.7 Å². The van der Waals surface area contributed by atoms with Crippen LogP contribution in [0.4, 0.5) is 0 Å². The second kappa shape index (κ2) is 8.03. The third-order valence-electron chi connectivity index (χ3n) is 5.37. The fraction of sp³-hybridized carbons (Fsp3) is 0.455. The first-order valence-corrected chi connectivity index (χ1v) is 9.62. The summed E-state index contributed by atoms with van der Waals surface area (Å²) >= 11 is 0. The summed E-state index contributed by atoms with van der Waals surface area (Å²) in [6.45, 7) is 6.33. The SMILES string of the molecule is c1cc(CN2CCNCC2)ccc1CCOc1ccc2c(c1)CCC2. The topological polar surface area (TPSA) is 24.5 Å². The molecule has 3 heteroatoms. The Morgan fingerprint density at radius 1 is 0.880 bits per heavy atom. The Kier molecular flexibility index (Phi) is 5.34. The Balaban J connectivity index is 1.25. The van der Waals surface area contributed by atoms with Gasteiger partial charge in [0.1, 0.15) is 5.75 Å². The molecule has 0 aromatic heterocycles. The van der Waals surface area contributed by atoms with E-state index in [1.165, 1.54) is 41.5 Å². The summed E-state index contributed by atoms with van der Waals surface area (Å²) in [5.41, 5.74) is 5.75. The molecule has 0 bridgehead atoms. The van der Waals surface area contributed by atoms with E-state index in [0.29, 0.717) is 0 Å². The summed E-state index contributed by atoms with van der Waals surface area (Å²) in [6.07, 6.45) is 4.70. The zero-order chi connectivity index (χ0) is 16.9. The highest BCUT2D eigenvalue weighted by Gasteiger charge is 2.11. The summed E-state index contributed by atoms with van der Waals surface area (Å²) in [4.78, 5) is 2.52. The molecule has 1 saturated heterocycles. The number of rotatable bonds is 6. The Hall–Kier alpha value is -1.84. The number of fused-ring (bicyclic) bond motifs is 1. The van der Waals surface area contributed by atoms with Gasteiger partial charge in [0.05, 0.1) is 6.61 Å². The molecule has 1 N–H and O–H groups in total. The van der Waals surface area contributed by atoms with Crippen molar-refractivity contribution in [3.05, 3.63) is 64.7 Å². The van der Waals surface area contributed by atoms with E-state index in [1.54, 1.807) is 0 Å². The number of piperazine rings is 1. The number of ether oxygens (including phenoxy) is 1. The summed E-state index contributed by atoms with van der Waals surface area (Å²) in [5, 5.41) is 3.40. The minimum Gasteiger partial charge on any atom is -0.493 e. The molecular formula is C22H28N2O. The minimum absolute atomic E-state index is 0.746. The standard InChI is InChI=1S/C22H28N2O/c1-2-20-8-9-22(16-21(20)3-1)25-15-10-18-4-6-19(7-5-18)17-24-13-11-23-12-14-24/h4-9,16,23H,1-3,10-15,17H2. The van der Waals surface area contributed by atoms with Gasteiger partial charge in [-0.3, -0.25) is 4.90 Å². The van der Waals surface area contributed by atoms with Crippen molar-refractivity contribution in [3.63, 3.8) is 0 Å². The van der Waals surface area contributed by atoms with Crippen molar-refractivity contribution in [1.29, 1.82) is 0 Å². The molecule has 3 nitrogen and oxygen atoms in total. The van der Waals surface area contributed by atoms with Crippen molar-refractivity contribution in [2.45, 2.75) is 32.2 Å². The quantitative estimate of drug-likeness (QED) is 0.877. The van der Waals surface area contributed by atoms with Gasteiger partial charge in [-0.05, 0) is 53.6 Å². The van der Waals surface area contributed by atoms with E-state index >= 15 is 0 Å². The largest absolute Gasteiger partial charge is 0.493 e. The second-order valence-corrected chi connectivity index (χ2v) is 7.23. The Bertz CT molecular complexity index is 690. The molecule has 1 heterocycles. The molecule has 0 spiro atoms. The molecule has 0 amide bonds. The van der Waals surface area contributed by atoms with E-state index in [2.05, 4.69) is 52.7 Å². The Labute approximate surface area is 151 Å². The van der Waals surface area contributed by atoms with E-state index in [0.717, 1.165) is 51.5 Å². The zero-order valence-corrected chi connectivity index (χ0v) is 15.0. The molecule has 0 unspecified atom stereocenters. The summed E-state index contributed by atoms with van der Waals surface area (Å²) in [5.74, 6) is 1.02. The highest BCUT2D eigenvalue weighted by atomic mass is 16.5. The predicted molar refractivity (Wildman–Crippen MR) is 102 cm³/mol. The summed E-state index contributed by atoms with van der Waals surface area (Å²) in [6, 6.07) is 15.6. The normalized spacial score (nSPS) is 17.4. The molecule has 2 aliphatic rings. The van der Waals surface area contributed by atoms with Gasteiger partial charge < -0.3 is 10.1 Å². The van der Waals surface area contributed by atoms with Crippen LogP contribution in [0.2, 0.25) is 0 Å². The molecule has 1 fully saturated rings. The van der Waals surface area contributed by atoms with Crippen molar-refractivity contribution in [3.8, 4) is 5.75 Å². The number of benzene rings is 2. The van der Waals surface area contributed by atoms with Crippen molar-refractivity contribution >= 4 is 0 Å². The lowest BCUT2D eigenvalue weighted by molar-refractivity contribution is 0.233. The first-order chi connectivity index (χ1) is 12.4. The lowest BCUT2D eigenvalue weighted by Crippen LogP contribution is -2.42. The maximum absolute atomic E-state index is 5.97. The lowest BCUT2D eigenvalue weighted by Gasteiger charge is -2.27. The molecule has 0 radical (unpaired) electrons. The van der Waals surface area contributed by atoms with Crippen LogP contribution in [0, 0.1) is 0 Å². The van der Waals surface area contributed by atoms with Crippen molar-refractivity contribution in [2.75, 3.05) is 32.8 Å². The van der Waals surface area contributed by atoms with Crippen LogP contribution in [0.5, 0.6) is 5.75 Å². The third kappa shape index (κ3) is 4.42. The van der Waals surface area contributed by atoms with Gasteiger partial charge in [-0.15, -0.1) is 0 Å². The average Bonchev–Trinajstić information content (AvgIpc) is 3.12. The highest BCUT2D eigenvalue weighted by Crippen LogP contribution is 2.26. The van der Waals surface area contributed by atoms with Crippen LogP contribution >= 0.6 is 0 Å². The first-order valence-electron chi connectivity index (χ1n) is 9.62. The molecule has 132 valence electrons. The minimum atomic E-state index is 0.746. The summed E-state index contributed by atoms with van der Waals surface area (Å²) in [7, 11) is 0. The second-order valence-electron chi connectivity index (χ2n) is 7.23. The maximum Gasteiger partial charge on any atom is 0.119 e. The van der Waals surface area contributed by atoms with Crippen LogP contribution in [0.3, 0.4) is 0 Å². The van der Waals surface area contributed by atoms with Crippen molar-refractivity contribution in [1.82, 2.24) is 10.2 Å². The van der Waals surface area contributed by atoms with Crippen molar-refractivity contribution in [2.24, 2.45) is 0 Å². The number of hydrogen-bond donors (Lipinski definition) is 1. The van der Waals surface area contributed by atoms with Gasteiger partial charge in [-0.1, -0.05) is 30.3 Å². The van der Waals surface area contributed by atoms with Gasteiger partial charge in [0, 0.05) is 39.1 Å². The van der Waals surface area contributed by atoms with Crippen LogP contribution < -0.4 is 10.1 Å². The van der Waals surface area contributed by atoms with Gasteiger partial charge >= 0.3 is 0 Å². The fourth-order valence-corrected chi connectivity index (χ4v) is 3.86. The smallest absolute Gasteiger partial charge is 0.119 e. The number of nitrogens with one attached hydrogen (secondary N) is 1. The average molecular weight is 336 g/mol. The number of nitrogens with zero attached hydrogens (tertiary/aromatic N) is 1. The van der Waals surface area contributed by atoms with Gasteiger partial charge in [0.25, 0.3) is 0 Å². The van der Waals surface area contributed by atoms with Crippen LogP contribution in [0.1, 0.15) is 28.7 Å². The van der Waals surface area contributed by atoms with Gasteiger partial charge in [0.15, 0.2) is 0 Å². The van der Waals surface area contributed by atoms with E-state index in [9.17, 15) is 0 Å². The van der Waals surface area contributed by atoms with E-state index < -0.39 is 0 Å². The zero-order valence-electron chi connectivity index (χ0n) is 15.0. The van der Waals surface area contributed by atoms with Crippen LogP contribution in [-0.2, 0) is 25.8 Å². The number of aryl methyl sites for hydroxylation is 2.